The van der Waals surface area contributed by atoms with Crippen LogP contribution in [0.2, 0.25) is 0 Å². The maximum absolute atomic E-state index is 14.2. The number of aliphatic hydroxyl groups is 2. The minimum atomic E-state index is -1.38. The number of hydrogen-bond acceptors (Lipinski definition) is 6. The standard InChI is InChI=1S/C27H35F2N3O4/c1-20-15-22(7-8-23(20)28)36-19-27(35)17-30(13-14-32(18-27)21(2)33)16-26(34)9-11-31(12-10-26)25-6-4-3-5-24(25)29/h3-8,15,34-35H,9-14,16-19H2,1-2H3. The molecule has 4 rings (SSSR count). The van der Waals surface area contributed by atoms with Gasteiger partial charge in [-0.3, -0.25) is 9.69 Å². The van der Waals surface area contributed by atoms with Crippen molar-refractivity contribution < 1.29 is 28.5 Å². The molecule has 1 amide bonds. The molecule has 36 heavy (non-hydrogen) atoms. The van der Waals surface area contributed by atoms with Gasteiger partial charge in [0.25, 0.3) is 0 Å². The highest BCUT2D eigenvalue weighted by atomic mass is 19.1. The molecule has 2 aliphatic rings. The van der Waals surface area contributed by atoms with Crippen molar-refractivity contribution in [1.82, 2.24) is 9.80 Å². The number of benzene rings is 2. The molecular weight excluding hydrogens is 468 g/mol. The fourth-order valence-electron chi connectivity index (χ4n) is 5.11. The van der Waals surface area contributed by atoms with E-state index in [9.17, 15) is 23.8 Å². The van der Waals surface area contributed by atoms with E-state index >= 15 is 0 Å². The molecule has 7 nitrogen and oxygen atoms in total. The van der Waals surface area contributed by atoms with Crippen molar-refractivity contribution in [1.29, 1.82) is 0 Å². The molecule has 2 fully saturated rings. The summed E-state index contributed by atoms with van der Waals surface area (Å²) in [5.41, 5.74) is -1.40. The van der Waals surface area contributed by atoms with Crippen LogP contribution >= 0.6 is 0 Å². The summed E-state index contributed by atoms with van der Waals surface area (Å²) in [6.07, 6.45) is 0.913. The Morgan fingerprint density at radius 2 is 1.69 bits per heavy atom. The lowest BCUT2D eigenvalue weighted by Crippen LogP contribution is -2.56. The average Bonchev–Trinajstić information content (AvgIpc) is 2.99. The molecule has 1 unspecified atom stereocenters. The van der Waals surface area contributed by atoms with Crippen molar-refractivity contribution in [3.63, 3.8) is 0 Å². The molecule has 2 aromatic rings. The fourth-order valence-corrected chi connectivity index (χ4v) is 5.11. The van der Waals surface area contributed by atoms with E-state index in [-0.39, 0.29) is 37.2 Å². The SMILES string of the molecule is CC(=O)N1CCN(CC2(O)CCN(c3ccccc3F)CC2)CC(O)(COc2ccc(F)c(C)c2)C1. The second-order valence-corrected chi connectivity index (χ2v) is 10.2. The summed E-state index contributed by atoms with van der Waals surface area (Å²) in [4.78, 5) is 17.7. The van der Waals surface area contributed by atoms with Crippen LogP contribution in [-0.2, 0) is 4.79 Å². The highest BCUT2D eigenvalue weighted by Gasteiger charge is 2.41. The maximum Gasteiger partial charge on any atom is 0.219 e. The summed E-state index contributed by atoms with van der Waals surface area (Å²) in [5, 5.41) is 22.9. The van der Waals surface area contributed by atoms with Gasteiger partial charge in [-0.1, -0.05) is 12.1 Å². The largest absolute Gasteiger partial charge is 0.490 e. The molecule has 0 aromatic heterocycles. The molecule has 2 saturated heterocycles. The molecule has 2 aliphatic heterocycles. The van der Waals surface area contributed by atoms with E-state index in [2.05, 4.69) is 0 Å². The summed E-state index contributed by atoms with van der Waals surface area (Å²) < 4.78 is 33.6. The van der Waals surface area contributed by atoms with Gasteiger partial charge in [-0.25, -0.2) is 8.78 Å². The number of nitrogens with zero attached hydrogens (tertiary/aromatic N) is 3. The van der Waals surface area contributed by atoms with Gasteiger partial charge in [-0.15, -0.1) is 0 Å². The number of piperidine rings is 1. The molecule has 2 heterocycles. The Morgan fingerprint density at radius 1 is 0.972 bits per heavy atom. The number of rotatable bonds is 6. The predicted molar refractivity (Wildman–Crippen MR) is 133 cm³/mol. The van der Waals surface area contributed by atoms with Gasteiger partial charge >= 0.3 is 0 Å². The topological polar surface area (TPSA) is 76.5 Å². The predicted octanol–water partition coefficient (Wildman–Crippen LogP) is 2.58. The van der Waals surface area contributed by atoms with Gasteiger partial charge in [0.05, 0.1) is 17.8 Å². The second-order valence-electron chi connectivity index (χ2n) is 10.2. The quantitative estimate of drug-likeness (QED) is 0.631. The van der Waals surface area contributed by atoms with E-state index in [1.807, 2.05) is 9.80 Å². The molecule has 196 valence electrons. The number of amides is 1. The zero-order valence-corrected chi connectivity index (χ0v) is 20.9. The van der Waals surface area contributed by atoms with Crippen molar-refractivity contribution in [3.8, 4) is 5.75 Å². The van der Waals surface area contributed by atoms with Gasteiger partial charge in [0.15, 0.2) is 0 Å². The van der Waals surface area contributed by atoms with Gasteiger partial charge in [0.1, 0.15) is 29.6 Å². The number of β-amino-alcohol motifs (C(OH)–C–C–N with tert-alkyl or cyclic N) is 2. The summed E-state index contributed by atoms with van der Waals surface area (Å²) in [7, 11) is 0. The van der Waals surface area contributed by atoms with Crippen LogP contribution < -0.4 is 9.64 Å². The number of carbonyl (C=O) groups is 1. The normalized spacial score (nSPS) is 22.8. The summed E-state index contributed by atoms with van der Waals surface area (Å²) >= 11 is 0. The van der Waals surface area contributed by atoms with Crippen molar-refractivity contribution in [2.75, 3.05) is 57.3 Å². The zero-order valence-electron chi connectivity index (χ0n) is 20.9. The molecule has 0 radical (unpaired) electrons. The molecule has 0 spiro atoms. The van der Waals surface area contributed by atoms with Gasteiger partial charge in [0, 0.05) is 46.2 Å². The van der Waals surface area contributed by atoms with Crippen molar-refractivity contribution in [2.45, 2.75) is 37.9 Å². The van der Waals surface area contributed by atoms with Crippen molar-refractivity contribution in [2.24, 2.45) is 0 Å². The van der Waals surface area contributed by atoms with Crippen LogP contribution in [0.25, 0.3) is 0 Å². The molecule has 1 atom stereocenters. The van der Waals surface area contributed by atoms with E-state index in [0.29, 0.717) is 62.6 Å². The maximum atomic E-state index is 14.2. The summed E-state index contributed by atoms with van der Waals surface area (Å²) in [6.45, 7) is 5.59. The van der Waals surface area contributed by atoms with Crippen LogP contribution in [0.4, 0.5) is 14.5 Å². The number of halogens is 2. The third kappa shape index (κ3) is 6.32. The van der Waals surface area contributed by atoms with Crippen LogP contribution in [-0.4, -0.2) is 89.5 Å². The first-order chi connectivity index (χ1) is 17.1. The van der Waals surface area contributed by atoms with Crippen LogP contribution in [0.1, 0.15) is 25.3 Å². The number of carbonyl (C=O) groups excluding carboxylic acids is 1. The Balaban J connectivity index is 1.42. The molecule has 0 saturated carbocycles. The zero-order chi connectivity index (χ0) is 25.9. The lowest BCUT2D eigenvalue weighted by atomic mass is 9.90. The average molecular weight is 504 g/mol. The summed E-state index contributed by atoms with van der Waals surface area (Å²) in [6, 6.07) is 11.0. The van der Waals surface area contributed by atoms with Crippen molar-refractivity contribution >= 4 is 11.6 Å². The van der Waals surface area contributed by atoms with Gasteiger partial charge in [-0.05, 0) is 55.7 Å². The minimum absolute atomic E-state index is 0.0855. The van der Waals surface area contributed by atoms with E-state index in [1.54, 1.807) is 36.1 Å². The fraction of sp³-hybridized carbons (Fsp3) is 0.519. The highest BCUT2D eigenvalue weighted by Crippen LogP contribution is 2.30. The Labute approximate surface area is 210 Å². The Hall–Kier alpha value is -2.75. The first-order valence-electron chi connectivity index (χ1n) is 12.4. The number of anilines is 1. The van der Waals surface area contributed by atoms with E-state index in [4.69, 9.17) is 4.74 Å². The van der Waals surface area contributed by atoms with Crippen LogP contribution in [0, 0.1) is 18.6 Å². The monoisotopic (exact) mass is 503 g/mol. The molecule has 2 N–H and O–H groups in total. The molecule has 0 bridgehead atoms. The number of para-hydroxylation sites is 1. The third-order valence-corrected chi connectivity index (χ3v) is 7.18. The minimum Gasteiger partial charge on any atom is -0.490 e. The van der Waals surface area contributed by atoms with Gasteiger partial charge in [-0.2, -0.15) is 0 Å². The highest BCUT2D eigenvalue weighted by molar-refractivity contribution is 5.73. The second kappa shape index (κ2) is 10.7. The lowest BCUT2D eigenvalue weighted by Gasteiger charge is -2.42. The number of ether oxygens (including phenoxy) is 1. The van der Waals surface area contributed by atoms with E-state index in [1.165, 1.54) is 25.1 Å². The summed E-state index contributed by atoms with van der Waals surface area (Å²) in [5.74, 6) is -0.323. The van der Waals surface area contributed by atoms with Crippen LogP contribution in [0.15, 0.2) is 42.5 Å². The van der Waals surface area contributed by atoms with Crippen molar-refractivity contribution in [3.05, 3.63) is 59.7 Å². The molecule has 9 heteroatoms. The van der Waals surface area contributed by atoms with E-state index < -0.39 is 11.2 Å². The van der Waals surface area contributed by atoms with Crippen LogP contribution in [0.5, 0.6) is 5.75 Å². The molecule has 0 aliphatic carbocycles. The Bertz CT molecular complexity index is 1080. The Morgan fingerprint density at radius 3 is 2.36 bits per heavy atom. The smallest absolute Gasteiger partial charge is 0.219 e. The first kappa shape index (κ1) is 26.3. The number of aryl methyl sites for hydroxylation is 1. The van der Waals surface area contributed by atoms with E-state index in [0.717, 1.165) is 0 Å². The van der Waals surface area contributed by atoms with Gasteiger partial charge in [0.2, 0.25) is 5.91 Å². The van der Waals surface area contributed by atoms with Crippen LogP contribution in [0.3, 0.4) is 0 Å². The number of hydrogen-bond donors (Lipinski definition) is 2. The third-order valence-electron chi connectivity index (χ3n) is 7.18. The Kier molecular flexibility index (Phi) is 7.82. The lowest BCUT2D eigenvalue weighted by molar-refractivity contribution is -0.132. The first-order valence-corrected chi connectivity index (χ1v) is 12.4. The van der Waals surface area contributed by atoms with Gasteiger partial charge < -0.3 is 24.7 Å². The molecule has 2 aromatic carbocycles. The molecular formula is C27H35F2N3O4.